The van der Waals surface area contributed by atoms with Crippen molar-refractivity contribution in [3.05, 3.63) is 34.2 Å². The number of pyridine rings is 1. The third-order valence-electron chi connectivity index (χ3n) is 2.62. The van der Waals surface area contributed by atoms with Gasteiger partial charge in [0.25, 0.3) is 5.56 Å². The lowest BCUT2D eigenvalue weighted by atomic mass is 10.2. The summed E-state index contributed by atoms with van der Waals surface area (Å²) in [7, 11) is 0. The molecule has 0 saturated heterocycles. The van der Waals surface area contributed by atoms with E-state index in [1.807, 2.05) is 0 Å². The van der Waals surface area contributed by atoms with Gasteiger partial charge in [0.1, 0.15) is 0 Å². The molecule has 0 bridgehead atoms. The van der Waals surface area contributed by atoms with Crippen LogP contribution in [0, 0.1) is 0 Å². The van der Waals surface area contributed by atoms with Gasteiger partial charge in [-0.25, -0.2) is 0 Å². The monoisotopic (exact) mass is 279 g/mol. The Balaban J connectivity index is 2.62. The third-order valence-corrected chi connectivity index (χ3v) is 2.93. The molecule has 0 unspecified atom stereocenters. The Morgan fingerprint density at radius 2 is 1.78 bits per heavy atom. The van der Waals surface area contributed by atoms with Crippen LogP contribution in [0.5, 0.6) is 0 Å². The van der Waals surface area contributed by atoms with E-state index < -0.39 is 17.3 Å². The minimum Gasteiger partial charge on any atom is -0.315 e. The fourth-order valence-corrected chi connectivity index (χ4v) is 1.84. The zero-order valence-corrected chi connectivity index (χ0v) is 10.8. The minimum atomic E-state index is -4.40. The number of unbranched alkanes of at least 4 members (excludes halogenated alkanes) is 3. The molecule has 0 amide bonds. The van der Waals surface area contributed by atoms with E-state index in [-0.39, 0.29) is 0 Å². The highest BCUT2D eigenvalue weighted by Gasteiger charge is 2.30. The van der Waals surface area contributed by atoms with E-state index in [1.165, 1.54) is 0 Å². The van der Waals surface area contributed by atoms with Crippen LogP contribution in [0.2, 0.25) is 0 Å². The first-order chi connectivity index (χ1) is 8.45. The number of hydrogen-bond acceptors (Lipinski definition) is 2. The Bertz CT molecular complexity index is 428. The van der Waals surface area contributed by atoms with Crippen LogP contribution in [0.15, 0.2) is 23.1 Å². The fraction of sp³-hybridized carbons (Fsp3) is 0.583. The summed E-state index contributed by atoms with van der Waals surface area (Å²) in [5, 5.41) is 0. The summed E-state index contributed by atoms with van der Waals surface area (Å²) in [6.07, 6.45) is 0.0540. The van der Waals surface area contributed by atoms with Crippen molar-refractivity contribution in [3.8, 4) is 0 Å². The van der Waals surface area contributed by atoms with Crippen LogP contribution in [0.3, 0.4) is 0 Å². The molecule has 1 rings (SSSR count). The molecule has 0 aromatic carbocycles. The molecule has 102 valence electrons. The van der Waals surface area contributed by atoms with Gasteiger partial charge in [-0.05, 0) is 24.7 Å². The number of thiol groups is 1. The maximum atomic E-state index is 12.5. The average molecular weight is 279 g/mol. The number of alkyl halides is 3. The van der Waals surface area contributed by atoms with Gasteiger partial charge < -0.3 is 4.57 Å². The van der Waals surface area contributed by atoms with E-state index in [0.29, 0.717) is 13.0 Å². The molecule has 0 saturated carbocycles. The van der Waals surface area contributed by atoms with Gasteiger partial charge in [-0.2, -0.15) is 25.8 Å². The van der Waals surface area contributed by atoms with Gasteiger partial charge in [-0.3, -0.25) is 4.79 Å². The smallest absolute Gasteiger partial charge is 0.315 e. The lowest BCUT2D eigenvalue weighted by Gasteiger charge is -2.10. The van der Waals surface area contributed by atoms with Crippen molar-refractivity contribution in [2.45, 2.75) is 38.4 Å². The normalized spacial score (nSPS) is 11.8. The molecule has 1 heterocycles. The Morgan fingerprint density at radius 1 is 1.11 bits per heavy atom. The molecule has 1 aromatic heterocycles. The third kappa shape index (κ3) is 4.76. The number of aryl methyl sites for hydroxylation is 1. The number of nitrogens with zero attached hydrogens (tertiary/aromatic N) is 1. The molecular formula is C12H16F3NOS. The standard InChI is InChI=1S/C12H16F3NOS/c13-12(14,15)10-5-6-11(17)16(9-10)7-3-1-2-4-8-18/h5-6,9,18H,1-4,7-8H2. The van der Waals surface area contributed by atoms with Crippen LogP contribution in [-0.4, -0.2) is 10.3 Å². The zero-order valence-electron chi connectivity index (χ0n) is 9.91. The first-order valence-electron chi connectivity index (χ1n) is 5.83. The maximum Gasteiger partial charge on any atom is 0.417 e. The van der Waals surface area contributed by atoms with Crippen molar-refractivity contribution in [3.63, 3.8) is 0 Å². The number of hydrogen-bond donors (Lipinski definition) is 1. The second-order valence-corrected chi connectivity index (χ2v) is 4.53. The van der Waals surface area contributed by atoms with Gasteiger partial charge in [0.15, 0.2) is 0 Å². The lowest BCUT2D eigenvalue weighted by molar-refractivity contribution is -0.138. The topological polar surface area (TPSA) is 22.0 Å². The molecule has 1 aromatic rings. The zero-order chi connectivity index (χ0) is 13.6. The Kier molecular flexibility index (Phi) is 5.78. The van der Waals surface area contributed by atoms with E-state index in [0.717, 1.165) is 47.9 Å². The van der Waals surface area contributed by atoms with Gasteiger partial charge in [0.2, 0.25) is 0 Å². The second-order valence-electron chi connectivity index (χ2n) is 4.08. The molecule has 0 fully saturated rings. The van der Waals surface area contributed by atoms with Gasteiger partial charge in [-0.1, -0.05) is 12.8 Å². The summed E-state index contributed by atoms with van der Waals surface area (Å²) < 4.78 is 38.5. The van der Waals surface area contributed by atoms with Crippen LogP contribution < -0.4 is 5.56 Å². The van der Waals surface area contributed by atoms with Crippen molar-refractivity contribution in [1.29, 1.82) is 0 Å². The van der Waals surface area contributed by atoms with E-state index >= 15 is 0 Å². The molecular weight excluding hydrogens is 263 g/mol. The summed E-state index contributed by atoms with van der Waals surface area (Å²) in [4.78, 5) is 11.4. The van der Waals surface area contributed by atoms with Gasteiger partial charge in [0, 0.05) is 18.8 Å². The number of rotatable bonds is 6. The SMILES string of the molecule is O=c1ccc(C(F)(F)F)cn1CCCCCCS. The highest BCUT2D eigenvalue weighted by atomic mass is 32.1. The first kappa shape index (κ1) is 15.1. The van der Waals surface area contributed by atoms with Gasteiger partial charge >= 0.3 is 6.18 Å². The van der Waals surface area contributed by atoms with Crippen LogP contribution in [0.1, 0.15) is 31.2 Å². The van der Waals surface area contributed by atoms with Crippen LogP contribution in [0.4, 0.5) is 13.2 Å². The highest BCUT2D eigenvalue weighted by Crippen LogP contribution is 2.28. The van der Waals surface area contributed by atoms with Crippen molar-refractivity contribution in [1.82, 2.24) is 4.57 Å². The molecule has 0 atom stereocenters. The average Bonchev–Trinajstić information content (AvgIpc) is 2.29. The van der Waals surface area contributed by atoms with Crippen LogP contribution in [0.25, 0.3) is 0 Å². The lowest BCUT2D eigenvalue weighted by Crippen LogP contribution is -2.21. The molecule has 18 heavy (non-hydrogen) atoms. The summed E-state index contributed by atoms with van der Waals surface area (Å²) in [6, 6.07) is 1.79. The quantitative estimate of drug-likeness (QED) is 0.626. The van der Waals surface area contributed by atoms with Crippen molar-refractivity contribution >= 4 is 12.6 Å². The van der Waals surface area contributed by atoms with E-state index in [4.69, 9.17) is 0 Å². The summed E-state index contributed by atoms with van der Waals surface area (Å²) in [5.41, 5.74) is -1.17. The Labute approximate surface area is 109 Å². The summed E-state index contributed by atoms with van der Waals surface area (Å²) in [6.45, 7) is 0.329. The van der Waals surface area contributed by atoms with Crippen LogP contribution >= 0.6 is 12.6 Å². The van der Waals surface area contributed by atoms with E-state index in [1.54, 1.807) is 0 Å². The number of halogens is 3. The summed E-state index contributed by atoms with van der Waals surface area (Å²) >= 11 is 4.07. The number of aromatic nitrogens is 1. The van der Waals surface area contributed by atoms with E-state index in [2.05, 4.69) is 12.6 Å². The molecule has 0 aliphatic heterocycles. The second kappa shape index (κ2) is 6.87. The molecule has 0 N–H and O–H groups in total. The molecule has 2 nitrogen and oxygen atoms in total. The minimum absolute atomic E-state index is 0.329. The summed E-state index contributed by atoms with van der Waals surface area (Å²) in [5.74, 6) is 0.809. The molecule has 6 heteroatoms. The molecule has 0 radical (unpaired) electrons. The Hall–Kier alpha value is -0.910. The molecule has 0 aliphatic rings. The van der Waals surface area contributed by atoms with Crippen LogP contribution in [-0.2, 0) is 12.7 Å². The van der Waals surface area contributed by atoms with Crippen molar-refractivity contribution in [2.75, 3.05) is 5.75 Å². The molecule has 0 spiro atoms. The van der Waals surface area contributed by atoms with Gasteiger partial charge in [-0.15, -0.1) is 0 Å². The highest BCUT2D eigenvalue weighted by molar-refractivity contribution is 7.80. The fourth-order valence-electron chi connectivity index (χ4n) is 1.62. The van der Waals surface area contributed by atoms with E-state index in [9.17, 15) is 18.0 Å². The Morgan fingerprint density at radius 3 is 2.39 bits per heavy atom. The largest absolute Gasteiger partial charge is 0.417 e. The maximum absolute atomic E-state index is 12.5. The predicted molar refractivity (Wildman–Crippen MR) is 68.0 cm³/mol. The predicted octanol–water partition coefficient (Wildman–Crippen LogP) is 3.36. The van der Waals surface area contributed by atoms with Gasteiger partial charge in [0.05, 0.1) is 5.56 Å². The molecule has 0 aliphatic carbocycles. The van der Waals surface area contributed by atoms with Crippen molar-refractivity contribution in [2.24, 2.45) is 0 Å². The van der Waals surface area contributed by atoms with Crippen molar-refractivity contribution < 1.29 is 13.2 Å². The first-order valence-corrected chi connectivity index (χ1v) is 6.47.